The van der Waals surface area contributed by atoms with E-state index < -0.39 is 0 Å². The Morgan fingerprint density at radius 1 is 1.31 bits per heavy atom. The van der Waals surface area contributed by atoms with Gasteiger partial charge in [0, 0.05) is 5.56 Å². The summed E-state index contributed by atoms with van der Waals surface area (Å²) in [5.74, 6) is -0.873. The van der Waals surface area contributed by atoms with E-state index >= 15 is 0 Å². The van der Waals surface area contributed by atoms with E-state index in [0.29, 0.717) is 5.56 Å². The molecule has 82 valence electrons. The average molecular weight is 217 g/mol. The first-order chi connectivity index (χ1) is 7.59. The fourth-order valence-electron chi connectivity index (χ4n) is 1.78. The van der Waals surface area contributed by atoms with Gasteiger partial charge in [0.1, 0.15) is 5.78 Å². The van der Waals surface area contributed by atoms with Crippen LogP contribution in [0.25, 0.3) is 0 Å². The van der Waals surface area contributed by atoms with Crippen LogP contribution in [0.1, 0.15) is 22.8 Å². The van der Waals surface area contributed by atoms with Crippen LogP contribution in [0.15, 0.2) is 24.3 Å². The van der Waals surface area contributed by atoms with E-state index in [1.807, 2.05) is 0 Å². The third-order valence-electron chi connectivity index (χ3n) is 2.52. The van der Waals surface area contributed by atoms with E-state index in [1.54, 1.807) is 24.3 Å². The van der Waals surface area contributed by atoms with Crippen molar-refractivity contribution in [2.24, 2.45) is 0 Å². The zero-order valence-corrected chi connectivity index (χ0v) is 8.90. The molecule has 4 nitrogen and oxygen atoms in total. The Balaban J connectivity index is 2.38. The lowest BCUT2D eigenvalue weighted by atomic mass is 9.98. The molecule has 1 aromatic rings. The molecule has 2 amide bonds. The van der Waals surface area contributed by atoms with Crippen LogP contribution in [0, 0.1) is 0 Å². The number of rotatable bonds is 2. The molecular formula is C12H11NO3. The number of hydrogen-bond donors (Lipinski definition) is 0. The van der Waals surface area contributed by atoms with Gasteiger partial charge in [0.05, 0.1) is 13.0 Å². The second kappa shape index (κ2) is 3.89. The molecule has 0 saturated heterocycles. The molecule has 0 radical (unpaired) electrons. The van der Waals surface area contributed by atoms with Crippen LogP contribution in [0.2, 0.25) is 0 Å². The number of imide groups is 1. The van der Waals surface area contributed by atoms with Gasteiger partial charge >= 0.3 is 0 Å². The fraction of sp³-hybridized carbons (Fsp3) is 0.250. The summed E-state index contributed by atoms with van der Waals surface area (Å²) in [7, 11) is 0. The summed E-state index contributed by atoms with van der Waals surface area (Å²) in [5.41, 5.74) is 1.25. The van der Waals surface area contributed by atoms with Crippen LogP contribution in [-0.4, -0.2) is 29.0 Å². The second-order valence-corrected chi connectivity index (χ2v) is 3.82. The highest BCUT2D eigenvalue weighted by atomic mass is 16.2. The highest BCUT2D eigenvalue weighted by molar-refractivity contribution is 6.11. The summed E-state index contributed by atoms with van der Waals surface area (Å²) in [4.78, 5) is 35.6. The number of carbonyl (C=O) groups is 3. The normalized spacial score (nSPS) is 14.9. The minimum Gasteiger partial charge on any atom is -0.298 e. The number of amides is 2. The van der Waals surface area contributed by atoms with E-state index in [-0.39, 0.29) is 30.6 Å². The summed E-state index contributed by atoms with van der Waals surface area (Å²) in [6, 6.07) is 6.98. The largest absolute Gasteiger partial charge is 0.298 e. The maximum absolute atomic E-state index is 11.9. The predicted molar refractivity (Wildman–Crippen MR) is 56.9 cm³/mol. The zero-order valence-electron chi connectivity index (χ0n) is 8.90. The van der Waals surface area contributed by atoms with Gasteiger partial charge in [-0.2, -0.15) is 0 Å². The van der Waals surface area contributed by atoms with Crippen molar-refractivity contribution in [3.05, 3.63) is 35.4 Å². The summed E-state index contributed by atoms with van der Waals surface area (Å²) >= 11 is 0. The predicted octanol–water partition coefficient (Wildman–Crippen LogP) is 0.801. The molecule has 4 heteroatoms. The van der Waals surface area contributed by atoms with Crippen LogP contribution >= 0.6 is 0 Å². The lowest BCUT2D eigenvalue weighted by molar-refractivity contribution is -0.132. The van der Waals surface area contributed by atoms with Gasteiger partial charge in [-0.3, -0.25) is 19.3 Å². The standard InChI is InChI=1S/C12H11NO3/c1-8(14)7-13-11(15)6-9-4-2-3-5-10(9)12(13)16/h2-5H,6-7H2,1H3. The van der Waals surface area contributed by atoms with Gasteiger partial charge in [0.2, 0.25) is 5.91 Å². The molecule has 0 N–H and O–H groups in total. The third kappa shape index (κ3) is 1.74. The lowest BCUT2D eigenvalue weighted by Gasteiger charge is -2.25. The van der Waals surface area contributed by atoms with Crippen LogP contribution in [-0.2, 0) is 16.0 Å². The molecule has 1 aliphatic rings. The minimum atomic E-state index is -0.373. The number of nitrogens with zero attached hydrogens (tertiary/aromatic N) is 1. The van der Waals surface area contributed by atoms with Crippen molar-refractivity contribution in [2.75, 3.05) is 6.54 Å². The molecule has 2 rings (SSSR count). The first kappa shape index (κ1) is 10.5. The molecule has 0 saturated carbocycles. The van der Waals surface area contributed by atoms with E-state index in [9.17, 15) is 14.4 Å². The van der Waals surface area contributed by atoms with Crippen molar-refractivity contribution in [3.8, 4) is 0 Å². The molecular weight excluding hydrogens is 206 g/mol. The smallest absolute Gasteiger partial charge is 0.261 e. The summed E-state index contributed by atoms with van der Waals surface area (Å²) in [6.45, 7) is 1.23. The topological polar surface area (TPSA) is 54.5 Å². The molecule has 0 aliphatic carbocycles. The van der Waals surface area contributed by atoms with E-state index in [2.05, 4.69) is 0 Å². The van der Waals surface area contributed by atoms with Gasteiger partial charge in [-0.15, -0.1) is 0 Å². The van der Waals surface area contributed by atoms with Gasteiger partial charge in [-0.1, -0.05) is 18.2 Å². The number of ketones is 1. The van der Waals surface area contributed by atoms with E-state index in [1.165, 1.54) is 6.92 Å². The van der Waals surface area contributed by atoms with Gasteiger partial charge in [0.15, 0.2) is 0 Å². The Kier molecular flexibility index (Phi) is 2.56. The van der Waals surface area contributed by atoms with Crippen LogP contribution in [0.3, 0.4) is 0 Å². The van der Waals surface area contributed by atoms with Gasteiger partial charge < -0.3 is 0 Å². The van der Waals surface area contributed by atoms with Crippen LogP contribution in [0.4, 0.5) is 0 Å². The highest BCUT2D eigenvalue weighted by Crippen LogP contribution is 2.19. The lowest BCUT2D eigenvalue weighted by Crippen LogP contribution is -2.44. The molecule has 16 heavy (non-hydrogen) atoms. The number of benzene rings is 1. The van der Waals surface area contributed by atoms with Crippen molar-refractivity contribution >= 4 is 17.6 Å². The Bertz CT molecular complexity index is 479. The number of Topliss-reactive ketones (excluding diaryl/α,β-unsaturated/α-hetero) is 1. The molecule has 1 aromatic carbocycles. The number of fused-ring (bicyclic) bond motifs is 1. The van der Waals surface area contributed by atoms with Gasteiger partial charge in [0.25, 0.3) is 5.91 Å². The molecule has 1 aliphatic heterocycles. The Morgan fingerprint density at radius 2 is 2.00 bits per heavy atom. The van der Waals surface area contributed by atoms with E-state index in [4.69, 9.17) is 0 Å². The molecule has 0 atom stereocenters. The van der Waals surface area contributed by atoms with Crippen molar-refractivity contribution in [1.82, 2.24) is 4.90 Å². The molecule has 0 fully saturated rings. The van der Waals surface area contributed by atoms with Crippen molar-refractivity contribution < 1.29 is 14.4 Å². The molecule has 0 spiro atoms. The quantitative estimate of drug-likeness (QED) is 0.688. The SMILES string of the molecule is CC(=O)CN1C(=O)Cc2ccccc2C1=O. The van der Waals surface area contributed by atoms with Crippen LogP contribution in [0.5, 0.6) is 0 Å². The highest BCUT2D eigenvalue weighted by Gasteiger charge is 2.30. The van der Waals surface area contributed by atoms with Gasteiger partial charge in [-0.05, 0) is 18.6 Å². The third-order valence-corrected chi connectivity index (χ3v) is 2.52. The Labute approximate surface area is 92.9 Å². The monoisotopic (exact) mass is 217 g/mol. The fourth-order valence-corrected chi connectivity index (χ4v) is 1.78. The maximum Gasteiger partial charge on any atom is 0.261 e. The second-order valence-electron chi connectivity index (χ2n) is 3.82. The molecule has 0 unspecified atom stereocenters. The zero-order chi connectivity index (χ0) is 11.7. The molecule has 0 aromatic heterocycles. The summed E-state index contributed by atoms with van der Waals surface area (Å²) < 4.78 is 0. The Morgan fingerprint density at radius 3 is 2.69 bits per heavy atom. The molecule has 0 bridgehead atoms. The van der Waals surface area contributed by atoms with Crippen molar-refractivity contribution in [3.63, 3.8) is 0 Å². The van der Waals surface area contributed by atoms with E-state index in [0.717, 1.165) is 10.5 Å². The summed E-state index contributed by atoms with van der Waals surface area (Å²) in [6.07, 6.45) is 0.190. The number of carbonyl (C=O) groups excluding carboxylic acids is 3. The van der Waals surface area contributed by atoms with Crippen LogP contribution < -0.4 is 0 Å². The average Bonchev–Trinajstić information content (AvgIpc) is 2.24. The number of hydrogen-bond acceptors (Lipinski definition) is 3. The van der Waals surface area contributed by atoms with Crippen molar-refractivity contribution in [1.29, 1.82) is 0 Å². The molecule has 1 heterocycles. The van der Waals surface area contributed by atoms with Gasteiger partial charge in [-0.25, -0.2) is 0 Å². The minimum absolute atomic E-state index is 0.133. The first-order valence-electron chi connectivity index (χ1n) is 5.01. The van der Waals surface area contributed by atoms with Crippen molar-refractivity contribution in [2.45, 2.75) is 13.3 Å². The Hall–Kier alpha value is -1.97. The first-order valence-corrected chi connectivity index (χ1v) is 5.01. The summed E-state index contributed by atoms with van der Waals surface area (Å²) in [5, 5.41) is 0. The maximum atomic E-state index is 11.9.